The van der Waals surface area contributed by atoms with Gasteiger partial charge in [0.1, 0.15) is 6.54 Å². The molecule has 98 valence electrons. The third-order valence-corrected chi connectivity index (χ3v) is 1.75. The quantitative estimate of drug-likeness (QED) is 0.633. The summed E-state index contributed by atoms with van der Waals surface area (Å²) in [7, 11) is 0. The van der Waals surface area contributed by atoms with Gasteiger partial charge in [0.25, 0.3) is 0 Å². The number of aromatic carboxylic acids is 1. The molecule has 10 heteroatoms. The lowest BCUT2D eigenvalue weighted by Gasteiger charge is -2.09. The predicted octanol–water partition coefficient (Wildman–Crippen LogP) is 1.66. The highest BCUT2D eigenvalue weighted by Gasteiger charge is 2.29. The summed E-state index contributed by atoms with van der Waals surface area (Å²) in [5, 5.41) is 20.8. The van der Waals surface area contributed by atoms with E-state index in [9.17, 15) is 28.1 Å². The zero-order valence-electron chi connectivity index (χ0n) is 8.56. The average Bonchev–Trinajstić information content (AvgIpc) is 2.24. The van der Waals surface area contributed by atoms with E-state index in [2.05, 4.69) is 4.98 Å². The van der Waals surface area contributed by atoms with Crippen LogP contribution in [0.2, 0.25) is 0 Å². The number of nitrogens with zero attached hydrogens (tertiary/aromatic N) is 2. The van der Waals surface area contributed by atoms with E-state index in [0.29, 0.717) is 0 Å². The second-order valence-corrected chi connectivity index (χ2v) is 3.10. The monoisotopic (exact) mass is 265 g/mol. The number of pyridine rings is 1. The van der Waals surface area contributed by atoms with Gasteiger partial charge in [0.15, 0.2) is 5.69 Å². The summed E-state index contributed by atoms with van der Waals surface area (Å²) in [5.41, 5.74) is -1.32. The Morgan fingerprint density at radius 2 is 2.11 bits per heavy atom. The molecule has 0 saturated carbocycles. The molecular formula is C8H6F3N3O4. The van der Waals surface area contributed by atoms with Gasteiger partial charge in [-0.2, -0.15) is 13.2 Å². The smallest absolute Gasteiger partial charge is 0.405 e. The summed E-state index contributed by atoms with van der Waals surface area (Å²) < 4.78 is 35.9. The SMILES string of the molecule is O=C(O)c1ccc([N+](=O)[O-])c(NCC(F)(F)F)n1. The molecule has 18 heavy (non-hydrogen) atoms. The van der Waals surface area contributed by atoms with Gasteiger partial charge in [0.2, 0.25) is 5.82 Å². The normalized spacial score (nSPS) is 11.1. The van der Waals surface area contributed by atoms with Gasteiger partial charge in [0.05, 0.1) is 4.92 Å². The first-order chi connectivity index (χ1) is 8.20. The molecule has 0 aliphatic carbocycles. The van der Waals surface area contributed by atoms with Crippen molar-refractivity contribution >= 4 is 17.5 Å². The van der Waals surface area contributed by atoms with Crippen LogP contribution in [0, 0.1) is 10.1 Å². The van der Waals surface area contributed by atoms with Crippen LogP contribution in [0.4, 0.5) is 24.7 Å². The molecule has 0 saturated heterocycles. The first-order valence-corrected chi connectivity index (χ1v) is 4.40. The van der Waals surface area contributed by atoms with Gasteiger partial charge in [-0.1, -0.05) is 0 Å². The second-order valence-electron chi connectivity index (χ2n) is 3.10. The summed E-state index contributed by atoms with van der Waals surface area (Å²) >= 11 is 0. The van der Waals surface area contributed by atoms with Crippen LogP contribution in [0.25, 0.3) is 0 Å². The van der Waals surface area contributed by atoms with Crippen molar-refractivity contribution in [2.45, 2.75) is 6.18 Å². The number of hydrogen-bond acceptors (Lipinski definition) is 5. The van der Waals surface area contributed by atoms with Gasteiger partial charge in [-0.25, -0.2) is 9.78 Å². The number of carbonyl (C=O) groups is 1. The molecule has 0 aliphatic heterocycles. The Hall–Kier alpha value is -2.39. The number of nitro groups is 1. The topological polar surface area (TPSA) is 105 Å². The van der Waals surface area contributed by atoms with Gasteiger partial charge in [-0.05, 0) is 6.07 Å². The number of rotatable bonds is 4. The van der Waals surface area contributed by atoms with E-state index in [-0.39, 0.29) is 0 Å². The Morgan fingerprint density at radius 1 is 1.50 bits per heavy atom. The van der Waals surface area contributed by atoms with E-state index in [1.54, 1.807) is 5.32 Å². The van der Waals surface area contributed by atoms with E-state index in [1.165, 1.54) is 0 Å². The van der Waals surface area contributed by atoms with Crippen LogP contribution in [0.15, 0.2) is 12.1 Å². The van der Waals surface area contributed by atoms with Crippen LogP contribution in [0.3, 0.4) is 0 Å². The molecule has 7 nitrogen and oxygen atoms in total. The second kappa shape index (κ2) is 4.85. The number of halogens is 3. The summed E-state index contributed by atoms with van der Waals surface area (Å²) in [5.74, 6) is -2.24. The van der Waals surface area contributed by atoms with Crippen LogP contribution in [-0.2, 0) is 0 Å². The van der Waals surface area contributed by atoms with E-state index < -0.39 is 40.8 Å². The minimum atomic E-state index is -4.60. The fraction of sp³-hybridized carbons (Fsp3) is 0.250. The van der Waals surface area contributed by atoms with Gasteiger partial charge in [-0.3, -0.25) is 10.1 Å². The highest BCUT2D eigenvalue weighted by Crippen LogP contribution is 2.24. The van der Waals surface area contributed by atoms with Gasteiger partial charge in [0, 0.05) is 6.07 Å². The van der Waals surface area contributed by atoms with Crippen LogP contribution in [-0.4, -0.2) is 33.7 Å². The van der Waals surface area contributed by atoms with Crippen LogP contribution >= 0.6 is 0 Å². The molecule has 0 spiro atoms. The fourth-order valence-electron chi connectivity index (χ4n) is 1.03. The van der Waals surface area contributed by atoms with E-state index in [4.69, 9.17) is 5.11 Å². The number of nitrogens with one attached hydrogen (secondary N) is 1. The molecule has 0 radical (unpaired) electrons. The van der Waals surface area contributed by atoms with E-state index in [0.717, 1.165) is 12.1 Å². The zero-order chi connectivity index (χ0) is 13.9. The van der Waals surface area contributed by atoms with E-state index >= 15 is 0 Å². The molecular weight excluding hydrogens is 259 g/mol. The molecule has 1 aromatic heterocycles. The Kier molecular flexibility index (Phi) is 3.69. The lowest BCUT2D eigenvalue weighted by molar-refractivity contribution is -0.384. The number of hydrogen-bond donors (Lipinski definition) is 2. The van der Waals surface area contributed by atoms with Crippen LogP contribution < -0.4 is 5.32 Å². The van der Waals surface area contributed by atoms with Crippen molar-refractivity contribution in [3.63, 3.8) is 0 Å². The highest BCUT2D eigenvalue weighted by molar-refractivity contribution is 5.86. The minimum absolute atomic E-state index is 0.592. The maximum absolute atomic E-state index is 12.0. The number of alkyl halides is 3. The lowest BCUT2D eigenvalue weighted by Crippen LogP contribution is -2.22. The van der Waals surface area contributed by atoms with E-state index in [1.807, 2.05) is 0 Å². The zero-order valence-corrected chi connectivity index (χ0v) is 8.56. The van der Waals surface area contributed by atoms with Gasteiger partial charge < -0.3 is 10.4 Å². The molecule has 0 fully saturated rings. The summed E-state index contributed by atoms with van der Waals surface area (Å²) in [6.07, 6.45) is -4.60. The number of aromatic nitrogens is 1. The van der Waals surface area contributed by atoms with Crippen molar-refractivity contribution in [3.05, 3.63) is 27.9 Å². The third-order valence-electron chi connectivity index (χ3n) is 1.75. The standard InChI is InChI=1S/C8H6F3N3O4/c9-8(10,11)3-12-6-5(14(17)18)2-1-4(13-6)7(15)16/h1-2H,3H2,(H,12,13)(H,15,16). The largest absolute Gasteiger partial charge is 0.477 e. The summed E-state index contributed by atoms with van der Waals surface area (Å²) in [6.45, 7) is -1.55. The molecule has 1 rings (SSSR count). The van der Waals surface area contributed by atoms with Crippen molar-refractivity contribution in [1.82, 2.24) is 4.98 Å². The molecule has 2 N–H and O–H groups in total. The Morgan fingerprint density at radius 3 is 2.56 bits per heavy atom. The number of anilines is 1. The van der Waals surface area contributed by atoms with Crippen molar-refractivity contribution in [1.29, 1.82) is 0 Å². The summed E-state index contributed by atoms with van der Waals surface area (Å²) in [4.78, 5) is 23.4. The van der Waals surface area contributed by atoms with Crippen molar-refractivity contribution in [2.24, 2.45) is 0 Å². The fourth-order valence-corrected chi connectivity index (χ4v) is 1.03. The molecule has 1 heterocycles. The van der Waals surface area contributed by atoms with Crippen molar-refractivity contribution in [2.75, 3.05) is 11.9 Å². The molecule has 0 unspecified atom stereocenters. The average molecular weight is 265 g/mol. The number of carboxylic acid groups (broad SMARTS) is 1. The Bertz CT molecular complexity index is 489. The van der Waals surface area contributed by atoms with Crippen LogP contribution in [0.5, 0.6) is 0 Å². The predicted molar refractivity (Wildman–Crippen MR) is 52.4 cm³/mol. The molecule has 0 aromatic carbocycles. The highest BCUT2D eigenvalue weighted by atomic mass is 19.4. The molecule has 0 aliphatic rings. The maximum Gasteiger partial charge on any atom is 0.405 e. The van der Waals surface area contributed by atoms with Gasteiger partial charge >= 0.3 is 17.8 Å². The summed E-state index contributed by atoms with van der Waals surface area (Å²) in [6, 6.07) is 1.61. The molecule has 0 bridgehead atoms. The van der Waals surface area contributed by atoms with Gasteiger partial charge in [-0.15, -0.1) is 0 Å². The Balaban J connectivity index is 3.08. The molecule has 1 aromatic rings. The number of carboxylic acids is 1. The minimum Gasteiger partial charge on any atom is -0.477 e. The van der Waals surface area contributed by atoms with Crippen molar-refractivity contribution in [3.8, 4) is 0 Å². The molecule has 0 amide bonds. The van der Waals surface area contributed by atoms with Crippen molar-refractivity contribution < 1.29 is 28.0 Å². The maximum atomic E-state index is 12.0. The lowest BCUT2D eigenvalue weighted by atomic mass is 10.3. The Labute approximate surface area is 97.4 Å². The van der Waals surface area contributed by atoms with Crippen LogP contribution in [0.1, 0.15) is 10.5 Å². The first-order valence-electron chi connectivity index (χ1n) is 4.40. The third kappa shape index (κ3) is 3.57. The molecule has 0 atom stereocenters. The first kappa shape index (κ1) is 13.7.